The van der Waals surface area contributed by atoms with E-state index in [1.54, 1.807) is 18.4 Å². The van der Waals surface area contributed by atoms with Crippen molar-refractivity contribution in [2.24, 2.45) is 0 Å². The molecule has 98 valence electrons. The van der Waals surface area contributed by atoms with E-state index in [2.05, 4.69) is 15.4 Å². The van der Waals surface area contributed by atoms with Crippen molar-refractivity contribution in [3.05, 3.63) is 23.9 Å². The second-order valence-electron chi connectivity index (χ2n) is 5.75. The van der Waals surface area contributed by atoms with Gasteiger partial charge >= 0.3 is 0 Å². The molecule has 5 nitrogen and oxygen atoms in total. The number of nitrogens with one attached hydrogen (secondary N) is 1. The summed E-state index contributed by atoms with van der Waals surface area (Å²) in [7, 11) is 0. The summed E-state index contributed by atoms with van der Waals surface area (Å²) >= 11 is 0. The summed E-state index contributed by atoms with van der Waals surface area (Å²) in [5.74, 6) is 0.521. The summed E-state index contributed by atoms with van der Waals surface area (Å²) in [5.41, 5.74) is 0.517. The highest BCUT2D eigenvalue weighted by Crippen LogP contribution is 2.24. The zero-order valence-electron chi connectivity index (χ0n) is 11.5. The molecule has 0 aromatic carbocycles. The number of rotatable bonds is 3. The van der Waals surface area contributed by atoms with Crippen molar-refractivity contribution >= 4 is 11.6 Å². The molecule has 5 heteroatoms. The number of anilines is 1. The number of hydrogen-bond acceptors (Lipinski definition) is 4. The molecule has 0 saturated heterocycles. The van der Waals surface area contributed by atoms with E-state index < -0.39 is 11.1 Å². The molecule has 2 aromatic heterocycles. The Labute approximate surface area is 107 Å². The van der Waals surface area contributed by atoms with Gasteiger partial charge in [-0.1, -0.05) is 6.07 Å². The van der Waals surface area contributed by atoms with Gasteiger partial charge in [0.05, 0.1) is 11.1 Å². The Bertz CT molecular complexity index is 566. The summed E-state index contributed by atoms with van der Waals surface area (Å²) < 4.78 is 1.73. The van der Waals surface area contributed by atoms with E-state index in [1.807, 2.05) is 39.1 Å². The minimum absolute atomic E-state index is 0.521. The van der Waals surface area contributed by atoms with Gasteiger partial charge in [-0.3, -0.25) is 0 Å². The number of aryl methyl sites for hydroxylation is 1. The summed E-state index contributed by atoms with van der Waals surface area (Å²) in [6.07, 6.45) is 1.92. The number of aliphatic hydroxyl groups is 1. The van der Waals surface area contributed by atoms with Gasteiger partial charge in [-0.2, -0.15) is 4.98 Å². The van der Waals surface area contributed by atoms with E-state index >= 15 is 0 Å². The maximum Gasteiger partial charge on any atom is 0.243 e. The van der Waals surface area contributed by atoms with Crippen molar-refractivity contribution < 1.29 is 5.11 Å². The van der Waals surface area contributed by atoms with Crippen LogP contribution in [0.2, 0.25) is 0 Å². The first kappa shape index (κ1) is 12.8. The minimum atomic E-state index is -0.875. The van der Waals surface area contributed by atoms with Crippen LogP contribution in [-0.4, -0.2) is 30.8 Å². The molecule has 0 unspecified atom stereocenters. The lowest BCUT2D eigenvalue weighted by molar-refractivity contribution is 0.0237. The van der Waals surface area contributed by atoms with Gasteiger partial charge in [0.1, 0.15) is 0 Å². The molecular weight excluding hydrogens is 228 g/mol. The van der Waals surface area contributed by atoms with Crippen LogP contribution in [0.25, 0.3) is 5.65 Å². The highest BCUT2D eigenvalue weighted by atomic mass is 16.3. The van der Waals surface area contributed by atoms with Crippen LogP contribution in [0.5, 0.6) is 0 Å². The van der Waals surface area contributed by atoms with Crippen molar-refractivity contribution in [3.8, 4) is 0 Å². The third-order valence-corrected chi connectivity index (χ3v) is 3.43. The van der Waals surface area contributed by atoms with Gasteiger partial charge in [0, 0.05) is 6.20 Å². The summed E-state index contributed by atoms with van der Waals surface area (Å²) in [4.78, 5) is 4.38. The van der Waals surface area contributed by atoms with Crippen LogP contribution in [0.3, 0.4) is 0 Å². The molecule has 2 heterocycles. The van der Waals surface area contributed by atoms with Gasteiger partial charge < -0.3 is 10.4 Å². The molecule has 0 amide bonds. The summed E-state index contributed by atoms with van der Waals surface area (Å²) in [5, 5.41) is 17.6. The fourth-order valence-corrected chi connectivity index (χ4v) is 1.47. The Morgan fingerprint density at radius 1 is 1.22 bits per heavy atom. The first-order valence-corrected chi connectivity index (χ1v) is 6.03. The molecule has 0 aliphatic carbocycles. The van der Waals surface area contributed by atoms with Gasteiger partial charge in [-0.15, -0.1) is 5.10 Å². The fourth-order valence-electron chi connectivity index (χ4n) is 1.47. The molecule has 0 aliphatic rings. The van der Waals surface area contributed by atoms with Gasteiger partial charge in [0.25, 0.3) is 0 Å². The molecule has 0 radical (unpaired) electrons. The second-order valence-corrected chi connectivity index (χ2v) is 5.75. The maximum absolute atomic E-state index is 10.1. The minimum Gasteiger partial charge on any atom is -0.388 e. The van der Waals surface area contributed by atoms with Gasteiger partial charge in [-0.05, 0) is 46.2 Å². The Balaban J connectivity index is 2.33. The van der Waals surface area contributed by atoms with Gasteiger partial charge in [0.15, 0.2) is 5.65 Å². The summed E-state index contributed by atoms with van der Waals surface area (Å²) in [6, 6.07) is 3.92. The molecule has 0 aliphatic heterocycles. The Morgan fingerprint density at radius 3 is 2.50 bits per heavy atom. The van der Waals surface area contributed by atoms with E-state index in [0.717, 1.165) is 11.2 Å². The molecule has 0 saturated carbocycles. The van der Waals surface area contributed by atoms with Crippen LogP contribution in [-0.2, 0) is 0 Å². The van der Waals surface area contributed by atoms with Crippen molar-refractivity contribution in [2.75, 3.05) is 5.32 Å². The van der Waals surface area contributed by atoms with Crippen LogP contribution in [0.1, 0.15) is 33.3 Å². The van der Waals surface area contributed by atoms with Gasteiger partial charge in [0.2, 0.25) is 5.95 Å². The van der Waals surface area contributed by atoms with E-state index in [-0.39, 0.29) is 0 Å². The highest BCUT2D eigenvalue weighted by Gasteiger charge is 2.35. The van der Waals surface area contributed by atoms with Crippen LogP contribution in [0, 0.1) is 6.92 Å². The van der Waals surface area contributed by atoms with Crippen LogP contribution in [0.15, 0.2) is 18.3 Å². The fraction of sp³-hybridized carbons (Fsp3) is 0.538. The second kappa shape index (κ2) is 3.95. The zero-order valence-corrected chi connectivity index (χ0v) is 11.5. The first-order chi connectivity index (χ1) is 8.19. The molecule has 2 rings (SSSR count). The number of pyridine rings is 1. The number of aromatic nitrogens is 3. The third-order valence-electron chi connectivity index (χ3n) is 3.43. The smallest absolute Gasteiger partial charge is 0.243 e. The molecule has 0 fully saturated rings. The highest BCUT2D eigenvalue weighted by molar-refractivity contribution is 5.45. The number of fused-ring (bicyclic) bond motifs is 1. The van der Waals surface area contributed by atoms with E-state index in [9.17, 15) is 5.11 Å². The van der Waals surface area contributed by atoms with Crippen molar-refractivity contribution in [2.45, 2.75) is 45.8 Å². The van der Waals surface area contributed by atoms with Gasteiger partial charge in [-0.25, -0.2) is 4.52 Å². The molecule has 0 atom stereocenters. The first-order valence-electron chi connectivity index (χ1n) is 6.03. The van der Waals surface area contributed by atoms with E-state index in [1.165, 1.54) is 0 Å². The largest absolute Gasteiger partial charge is 0.388 e. The summed E-state index contributed by atoms with van der Waals surface area (Å²) in [6.45, 7) is 9.38. The Hall–Kier alpha value is -1.62. The average Bonchev–Trinajstić information content (AvgIpc) is 2.56. The van der Waals surface area contributed by atoms with Crippen molar-refractivity contribution in [1.29, 1.82) is 0 Å². The van der Waals surface area contributed by atoms with Crippen molar-refractivity contribution in [3.63, 3.8) is 0 Å². The molecule has 2 N–H and O–H groups in total. The molecule has 18 heavy (non-hydrogen) atoms. The molecule has 2 aromatic rings. The maximum atomic E-state index is 10.1. The lowest BCUT2D eigenvalue weighted by Crippen LogP contribution is -2.51. The molecule has 0 bridgehead atoms. The average molecular weight is 248 g/mol. The Morgan fingerprint density at radius 2 is 1.89 bits per heavy atom. The third kappa shape index (κ3) is 2.31. The monoisotopic (exact) mass is 248 g/mol. The lowest BCUT2D eigenvalue weighted by Gasteiger charge is -2.37. The van der Waals surface area contributed by atoms with E-state index in [0.29, 0.717) is 5.95 Å². The van der Waals surface area contributed by atoms with Crippen LogP contribution >= 0.6 is 0 Å². The zero-order chi connectivity index (χ0) is 13.6. The predicted molar refractivity (Wildman–Crippen MR) is 71.7 cm³/mol. The number of hydrogen-bond donors (Lipinski definition) is 2. The van der Waals surface area contributed by atoms with Crippen molar-refractivity contribution in [1.82, 2.24) is 14.6 Å². The van der Waals surface area contributed by atoms with E-state index in [4.69, 9.17) is 0 Å². The standard InChI is InChI=1S/C13H20N4O/c1-9-6-7-10-14-11(16-17(10)8-9)15-12(2,3)13(4,5)18/h6-8,18H,1-5H3,(H,15,16). The lowest BCUT2D eigenvalue weighted by atomic mass is 9.86. The normalized spacial score (nSPS) is 13.0. The SMILES string of the molecule is Cc1ccc2nc(NC(C)(C)C(C)(C)O)nn2c1. The topological polar surface area (TPSA) is 62.5 Å². The molecule has 0 spiro atoms. The Kier molecular flexibility index (Phi) is 2.81. The van der Waals surface area contributed by atoms with Crippen LogP contribution in [0.4, 0.5) is 5.95 Å². The quantitative estimate of drug-likeness (QED) is 0.872. The van der Waals surface area contributed by atoms with Crippen LogP contribution < -0.4 is 5.32 Å². The molecular formula is C13H20N4O. The predicted octanol–water partition coefficient (Wildman–Crippen LogP) is 2.00. The number of nitrogens with zero attached hydrogens (tertiary/aromatic N) is 3.